The summed E-state index contributed by atoms with van der Waals surface area (Å²) in [5.74, 6) is 1.54. The maximum atomic E-state index is 6.12. The van der Waals surface area contributed by atoms with E-state index >= 15 is 0 Å². The van der Waals surface area contributed by atoms with E-state index < -0.39 is 0 Å². The van der Waals surface area contributed by atoms with Gasteiger partial charge in [-0.3, -0.25) is 0 Å². The summed E-state index contributed by atoms with van der Waals surface area (Å²) in [5, 5.41) is 4.25. The summed E-state index contributed by atoms with van der Waals surface area (Å²) >= 11 is 6.12. The molecule has 0 saturated heterocycles. The molecule has 0 aliphatic rings. The quantitative estimate of drug-likeness (QED) is 0.675. The van der Waals surface area contributed by atoms with Gasteiger partial charge in [0.15, 0.2) is 0 Å². The van der Waals surface area contributed by atoms with Gasteiger partial charge in [-0.2, -0.15) is 0 Å². The van der Waals surface area contributed by atoms with E-state index in [1.54, 1.807) is 0 Å². The molecule has 0 amide bonds. The number of benzene rings is 1. The molecule has 0 aliphatic carbocycles. The van der Waals surface area contributed by atoms with Crippen LogP contribution >= 0.6 is 11.6 Å². The molecule has 1 rings (SSSR count). The Bertz CT molecular complexity index is 395. The summed E-state index contributed by atoms with van der Waals surface area (Å²) in [6.45, 7) is 10.5. The van der Waals surface area contributed by atoms with Crippen LogP contribution in [0, 0.1) is 5.92 Å². The minimum atomic E-state index is 0.255. The Morgan fingerprint density at radius 3 is 2.60 bits per heavy atom. The first-order valence-corrected chi connectivity index (χ1v) is 8.11. The maximum Gasteiger partial charge on any atom is 0.124 e. The van der Waals surface area contributed by atoms with Crippen molar-refractivity contribution in [2.45, 2.75) is 53.0 Å². The summed E-state index contributed by atoms with van der Waals surface area (Å²) in [7, 11) is 0. The van der Waals surface area contributed by atoms with E-state index in [2.05, 4.69) is 33.0 Å². The minimum absolute atomic E-state index is 0.255. The Hall–Kier alpha value is -0.730. The zero-order valence-corrected chi connectivity index (χ0v) is 14.0. The summed E-state index contributed by atoms with van der Waals surface area (Å²) in [6.07, 6.45) is 3.52. The molecule has 20 heavy (non-hydrogen) atoms. The Labute approximate surface area is 128 Å². The highest BCUT2D eigenvalue weighted by molar-refractivity contribution is 6.30. The lowest BCUT2D eigenvalue weighted by molar-refractivity contribution is 0.247. The second kappa shape index (κ2) is 9.25. The molecule has 0 heterocycles. The fraction of sp³-hybridized carbons (Fsp3) is 0.647. The standard InChI is InChI=1S/C17H28ClNO/c1-5-7-13(3)12-20-17-9-8-15(18)11-16(17)14(4)19-10-6-2/h8-9,11,13-14,19H,5-7,10,12H2,1-4H3. The summed E-state index contributed by atoms with van der Waals surface area (Å²) in [4.78, 5) is 0. The maximum absolute atomic E-state index is 6.12. The molecule has 2 atom stereocenters. The van der Waals surface area contributed by atoms with Crippen molar-refractivity contribution in [1.82, 2.24) is 5.32 Å². The predicted molar refractivity (Wildman–Crippen MR) is 87.7 cm³/mol. The Morgan fingerprint density at radius 2 is 1.95 bits per heavy atom. The van der Waals surface area contributed by atoms with Gasteiger partial charge in [0.05, 0.1) is 6.61 Å². The second-order valence-corrected chi connectivity index (χ2v) is 6.00. The topological polar surface area (TPSA) is 21.3 Å². The molecule has 0 radical (unpaired) electrons. The van der Waals surface area contributed by atoms with Gasteiger partial charge < -0.3 is 10.1 Å². The molecule has 2 unspecified atom stereocenters. The van der Waals surface area contributed by atoms with E-state index in [0.29, 0.717) is 5.92 Å². The van der Waals surface area contributed by atoms with Gasteiger partial charge >= 0.3 is 0 Å². The summed E-state index contributed by atoms with van der Waals surface area (Å²) < 4.78 is 6.01. The van der Waals surface area contributed by atoms with Crippen LogP contribution in [0.3, 0.4) is 0 Å². The van der Waals surface area contributed by atoms with Crippen LogP contribution in [0.15, 0.2) is 18.2 Å². The highest BCUT2D eigenvalue weighted by Crippen LogP contribution is 2.29. The highest BCUT2D eigenvalue weighted by atomic mass is 35.5. The van der Waals surface area contributed by atoms with Crippen molar-refractivity contribution in [2.24, 2.45) is 5.92 Å². The summed E-state index contributed by atoms with van der Waals surface area (Å²) in [5.41, 5.74) is 1.15. The molecule has 0 fully saturated rings. The molecule has 0 bridgehead atoms. The van der Waals surface area contributed by atoms with E-state index in [1.165, 1.54) is 12.8 Å². The second-order valence-electron chi connectivity index (χ2n) is 5.56. The van der Waals surface area contributed by atoms with E-state index in [1.807, 2.05) is 18.2 Å². The summed E-state index contributed by atoms with van der Waals surface area (Å²) in [6, 6.07) is 6.15. The molecule has 0 aliphatic heterocycles. The van der Waals surface area contributed by atoms with Gasteiger partial charge in [0.1, 0.15) is 5.75 Å². The fourth-order valence-electron chi connectivity index (χ4n) is 2.27. The molecular weight excluding hydrogens is 270 g/mol. The zero-order chi connectivity index (χ0) is 15.0. The Balaban J connectivity index is 2.73. The van der Waals surface area contributed by atoms with Crippen molar-refractivity contribution in [3.63, 3.8) is 0 Å². The van der Waals surface area contributed by atoms with Gasteiger partial charge in [-0.1, -0.05) is 38.8 Å². The molecular formula is C17H28ClNO. The first kappa shape index (κ1) is 17.3. The molecule has 1 N–H and O–H groups in total. The molecule has 2 nitrogen and oxygen atoms in total. The fourth-order valence-corrected chi connectivity index (χ4v) is 2.45. The van der Waals surface area contributed by atoms with Crippen molar-refractivity contribution in [2.75, 3.05) is 13.2 Å². The minimum Gasteiger partial charge on any atom is -0.493 e. The van der Waals surface area contributed by atoms with E-state index in [4.69, 9.17) is 16.3 Å². The third-order valence-corrected chi connectivity index (χ3v) is 3.68. The van der Waals surface area contributed by atoms with Gasteiger partial charge in [-0.05, 0) is 50.4 Å². The third-order valence-electron chi connectivity index (χ3n) is 3.44. The van der Waals surface area contributed by atoms with Gasteiger partial charge in [0.25, 0.3) is 0 Å². The number of ether oxygens (including phenoxy) is 1. The van der Waals surface area contributed by atoms with Crippen LogP contribution < -0.4 is 10.1 Å². The van der Waals surface area contributed by atoms with Gasteiger partial charge in [-0.15, -0.1) is 0 Å². The van der Waals surface area contributed by atoms with Crippen LogP contribution in [0.25, 0.3) is 0 Å². The molecule has 1 aromatic carbocycles. The van der Waals surface area contributed by atoms with Crippen molar-refractivity contribution in [1.29, 1.82) is 0 Å². The number of hydrogen-bond donors (Lipinski definition) is 1. The van der Waals surface area contributed by atoms with Crippen LogP contribution in [-0.4, -0.2) is 13.2 Å². The molecule has 114 valence electrons. The number of hydrogen-bond acceptors (Lipinski definition) is 2. The molecule has 0 saturated carbocycles. The van der Waals surface area contributed by atoms with E-state index in [0.717, 1.165) is 35.9 Å². The first-order valence-electron chi connectivity index (χ1n) is 7.74. The van der Waals surface area contributed by atoms with Crippen molar-refractivity contribution in [3.8, 4) is 5.75 Å². The first-order chi connectivity index (χ1) is 9.58. The lowest BCUT2D eigenvalue weighted by Crippen LogP contribution is -2.20. The molecule has 0 spiro atoms. The van der Waals surface area contributed by atoms with Gasteiger partial charge in [0, 0.05) is 16.6 Å². The van der Waals surface area contributed by atoms with Crippen molar-refractivity contribution >= 4 is 11.6 Å². The predicted octanol–water partition coefficient (Wildman–Crippen LogP) is 5.22. The Morgan fingerprint density at radius 1 is 1.20 bits per heavy atom. The SMILES string of the molecule is CCCNC(C)c1cc(Cl)ccc1OCC(C)CCC. The van der Waals surface area contributed by atoms with Crippen LogP contribution in [0.5, 0.6) is 5.75 Å². The third kappa shape index (κ3) is 5.72. The zero-order valence-electron chi connectivity index (χ0n) is 13.2. The molecule has 0 aromatic heterocycles. The molecule has 3 heteroatoms. The normalized spacial score (nSPS) is 14.1. The van der Waals surface area contributed by atoms with Gasteiger partial charge in [0.2, 0.25) is 0 Å². The van der Waals surface area contributed by atoms with Crippen LogP contribution in [-0.2, 0) is 0 Å². The van der Waals surface area contributed by atoms with Crippen LogP contribution in [0.2, 0.25) is 5.02 Å². The number of nitrogens with one attached hydrogen (secondary N) is 1. The average molecular weight is 298 g/mol. The van der Waals surface area contributed by atoms with Crippen molar-refractivity contribution < 1.29 is 4.74 Å². The lowest BCUT2D eigenvalue weighted by Gasteiger charge is -2.20. The monoisotopic (exact) mass is 297 g/mol. The van der Waals surface area contributed by atoms with Crippen LogP contribution in [0.1, 0.15) is 58.6 Å². The van der Waals surface area contributed by atoms with Crippen molar-refractivity contribution in [3.05, 3.63) is 28.8 Å². The van der Waals surface area contributed by atoms with E-state index in [9.17, 15) is 0 Å². The number of rotatable bonds is 9. The van der Waals surface area contributed by atoms with E-state index in [-0.39, 0.29) is 6.04 Å². The van der Waals surface area contributed by atoms with Gasteiger partial charge in [-0.25, -0.2) is 0 Å². The number of halogens is 1. The lowest BCUT2D eigenvalue weighted by atomic mass is 10.1. The largest absolute Gasteiger partial charge is 0.493 e. The average Bonchev–Trinajstić information content (AvgIpc) is 2.43. The molecule has 1 aromatic rings. The Kier molecular flexibility index (Phi) is 8.01. The van der Waals surface area contributed by atoms with Crippen LogP contribution in [0.4, 0.5) is 0 Å². The smallest absolute Gasteiger partial charge is 0.124 e. The highest BCUT2D eigenvalue weighted by Gasteiger charge is 2.13.